The number of aromatic nitrogens is 2. The predicted molar refractivity (Wildman–Crippen MR) is 146 cm³/mol. The van der Waals surface area contributed by atoms with E-state index in [4.69, 9.17) is 19.2 Å². The van der Waals surface area contributed by atoms with Crippen molar-refractivity contribution in [3.63, 3.8) is 0 Å². The Morgan fingerprint density at radius 2 is 1.79 bits per heavy atom. The standard InChI is InChI=1S/C27H26N4O6S2/c1-17-13-30(14-18(2)37-17)39(33,34)21-7-5-20(6-8-21)26(32)31(15-19-4-3-9-28-12-19)27-29-22-10-23-24(36-16-35-23)11-25(22)38-27/h3-12,17-18H,13-16H2,1-2H3. The van der Waals surface area contributed by atoms with E-state index in [2.05, 4.69) is 4.98 Å². The number of benzene rings is 2. The Balaban J connectivity index is 1.31. The van der Waals surface area contributed by atoms with Gasteiger partial charge in [-0.25, -0.2) is 13.4 Å². The molecular weight excluding hydrogens is 540 g/mol. The fraction of sp³-hybridized carbons (Fsp3) is 0.296. The number of sulfonamides is 1. The lowest BCUT2D eigenvalue weighted by atomic mass is 10.2. The van der Waals surface area contributed by atoms with Gasteiger partial charge in [0.25, 0.3) is 5.91 Å². The molecule has 4 aromatic rings. The summed E-state index contributed by atoms with van der Waals surface area (Å²) in [7, 11) is -3.73. The van der Waals surface area contributed by atoms with Crippen molar-refractivity contribution < 1.29 is 27.4 Å². The van der Waals surface area contributed by atoms with E-state index in [-0.39, 0.29) is 49.4 Å². The molecule has 10 nitrogen and oxygen atoms in total. The van der Waals surface area contributed by atoms with E-state index < -0.39 is 10.0 Å². The van der Waals surface area contributed by atoms with Gasteiger partial charge in [-0.3, -0.25) is 14.7 Å². The van der Waals surface area contributed by atoms with Crippen LogP contribution in [0.2, 0.25) is 0 Å². The molecule has 1 fully saturated rings. The van der Waals surface area contributed by atoms with Crippen molar-refractivity contribution in [3.05, 3.63) is 72.1 Å². The number of morpholine rings is 1. The van der Waals surface area contributed by atoms with Crippen LogP contribution in [-0.4, -0.2) is 60.7 Å². The molecule has 2 aliphatic heterocycles. The SMILES string of the molecule is CC1CN(S(=O)(=O)c2ccc(C(=O)N(Cc3cccnc3)c3nc4cc5c(cc4s3)OCO5)cc2)CC(C)O1. The maximum atomic E-state index is 13.8. The molecule has 6 rings (SSSR count). The first-order valence-corrected chi connectivity index (χ1v) is 14.7. The molecule has 12 heteroatoms. The number of carbonyl (C=O) groups excluding carboxylic acids is 1. The number of nitrogens with zero attached hydrogens (tertiary/aromatic N) is 4. The Morgan fingerprint density at radius 3 is 2.49 bits per heavy atom. The molecule has 4 heterocycles. The predicted octanol–water partition coefficient (Wildman–Crippen LogP) is 4.06. The van der Waals surface area contributed by atoms with Crippen LogP contribution in [0.5, 0.6) is 11.5 Å². The topological polar surface area (TPSA) is 111 Å². The van der Waals surface area contributed by atoms with Crippen molar-refractivity contribution >= 4 is 42.6 Å². The van der Waals surface area contributed by atoms with Gasteiger partial charge >= 0.3 is 0 Å². The van der Waals surface area contributed by atoms with Crippen LogP contribution in [0.1, 0.15) is 29.8 Å². The Hall–Kier alpha value is -3.58. The second-order valence-electron chi connectivity index (χ2n) is 9.53. The molecule has 0 bridgehead atoms. The number of pyridine rings is 1. The third-order valence-corrected chi connectivity index (χ3v) is 9.42. The molecule has 0 radical (unpaired) electrons. The number of hydrogen-bond donors (Lipinski definition) is 0. The highest BCUT2D eigenvalue weighted by molar-refractivity contribution is 7.89. The molecule has 2 atom stereocenters. The van der Waals surface area contributed by atoms with Gasteiger partial charge in [0, 0.05) is 43.2 Å². The zero-order valence-electron chi connectivity index (χ0n) is 21.3. The van der Waals surface area contributed by atoms with Gasteiger partial charge in [-0.15, -0.1) is 0 Å². The Bertz CT molecular complexity index is 1570. The molecule has 0 saturated carbocycles. The first-order chi connectivity index (χ1) is 18.8. The van der Waals surface area contributed by atoms with E-state index in [0.29, 0.717) is 27.7 Å². The van der Waals surface area contributed by atoms with Gasteiger partial charge in [0.05, 0.1) is 33.9 Å². The van der Waals surface area contributed by atoms with Gasteiger partial charge in [0.1, 0.15) is 0 Å². The number of thiazole rings is 1. The summed E-state index contributed by atoms with van der Waals surface area (Å²) < 4.78 is 45.5. The fourth-order valence-corrected chi connectivity index (χ4v) is 7.29. The quantitative estimate of drug-likeness (QED) is 0.344. The summed E-state index contributed by atoms with van der Waals surface area (Å²) >= 11 is 1.36. The fourth-order valence-electron chi connectivity index (χ4n) is 4.72. The van der Waals surface area contributed by atoms with Gasteiger partial charge < -0.3 is 14.2 Å². The van der Waals surface area contributed by atoms with E-state index >= 15 is 0 Å². The van der Waals surface area contributed by atoms with Gasteiger partial charge in [-0.1, -0.05) is 17.4 Å². The van der Waals surface area contributed by atoms with Crippen molar-refractivity contribution in [2.24, 2.45) is 0 Å². The van der Waals surface area contributed by atoms with Crippen molar-refractivity contribution in [1.29, 1.82) is 0 Å². The zero-order chi connectivity index (χ0) is 27.1. The number of rotatable bonds is 6. The maximum Gasteiger partial charge on any atom is 0.260 e. The summed E-state index contributed by atoms with van der Waals surface area (Å²) in [6.07, 6.45) is 2.98. The first-order valence-electron chi connectivity index (χ1n) is 12.4. The molecular formula is C27H26N4O6S2. The van der Waals surface area contributed by atoms with Crippen LogP contribution in [0, 0.1) is 0 Å². The first kappa shape index (κ1) is 25.7. The smallest absolute Gasteiger partial charge is 0.260 e. The van der Waals surface area contributed by atoms with Crippen LogP contribution in [0.15, 0.2) is 65.8 Å². The minimum Gasteiger partial charge on any atom is -0.454 e. The molecule has 2 aromatic carbocycles. The molecule has 0 aliphatic carbocycles. The monoisotopic (exact) mass is 566 g/mol. The number of carbonyl (C=O) groups is 1. The molecule has 1 amide bonds. The summed E-state index contributed by atoms with van der Waals surface area (Å²) in [4.78, 5) is 24.4. The molecule has 1 saturated heterocycles. The zero-order valence-corrected chi connectivity index (χ0v) is 22.9. The number of amides is 1. The third kappa shape index (κ3) is 5.08. The van der Waals surface area contributed by atoms with Crippen molar-refractivity contribution in [2.45, 2.75) is 37.5 Å². The van der Waals surface area contributed by atoms with E-state index in [0.717, 1.165) is 10.3 Å². The number of hydrogen-bond acceptors (Lipinski definition) is 9. The molecule has 39 heavy (non-hydrogen) atoms. The van der Waals surface area contributed by atoms with Gasteiger partial charge in [-0.05, 0) is 49.7 Å². The number of fused-ring (bicyclic) bond motifs is 2. The average molecular weight is 567 g/mol. The highest BCUT2D eigenvalue weighted by Crippen LogP contribution is 2.40. The van der Waals surface area contributed by atoms with Crippen LogP contribution in [-0.2, 0) is 21.3 Å². The van der Waals surface area contributed by atoms with E-state index in [1.165, 1.54) is 27.8 Å². The maximum absolute atomic E-state index is 13.8. The lowest BCUT2D eigenvalue weighted by Gasteiger charge is -2.34. The summed E-state index contributed by atoms with van der Waals surface area (Å²) in [6.45, 7) is 4.68. The molecule has 202 valence electrons. The molecule has 0 N–H and O–H groups in total. The normalized spacial score (nSPS) is 19.3. The summed E-state index contributed by atoms with van der Waals surface area (Å²) in [5.41, 5.74) is 1.86. The van der Waals surface area contributed by atoms with Gasteiger partial charge in [-0.2, -0.15) is 4.31 Å². The second kappa shape index (κ2) is 10.2. The third-order valence-electron chi connectivity index (χ3n) is 6.54. The number of ether oxygens (including phenoxy) is 3. The second-order valence-corrected chi connectivity index (χ2v) is 12.5. The minimum absolute atomic E-state index is 0.133. The highest BCUT2D eigenvalue weighted by Gasteiger charge is 2.32. The summed E-state index contributed by atoms with van der Waals surface area (Å²) in [6, 6.07) is 13.4. The van der Waals surface area contributed by atoms with E-state index in [1.54, 1.807) is 35.5 Å². The van der Waals surface area contributed by atoms with Crippen LogP contribution in [0.4, 0.5) is 5.13 Å². The van der Waals surface area contributed by atoms with Gasteiger partial charge in [0.15, 0.2) is 16.6 Å². The molecule has 2 unspecified atom stereocenters. The number of anilines is 1. The summed E-state index contributed by atoms with van der Waals surface area (Å²) in [5.74, 6) is 0.949. The molecule has 0 spiro atoms. The lowest BCUT2D eigenvalue weighted by molar-refractivity contribution is -0.0440. The minimum atomic E-state index is -3.73. The van der Waals surface area contributed by atoms with Crippen molar-refractivity contribution in [2.75, 3.05) is 24.8 Å². The molecule has 2 aliphatic rings. The van der Waals surface area contributed by atoms with Crippen LogP contribution >= 0.6 is 11.3 Å². The summed E-state index contributed by atoms with van der Waals surface area (Å²) in [5, 5.41) is 0.496. The van der Waals surface area contributed by atoms with Crippen molar-refractivity contribution in [3.8, 4) is 11.5 Å². The van der Waals surface area contributed by atoms with E-state index in [1.807, 2.05) is 32.0 Å². The Morgan fingerprint density at radius 1 is 1.08 bits per heavy atom. The Labute approximate surface area is 229 Å². The highest BCUT2D eigenvalue weighted by atomic mass is 32.2. The van der Waals surface area contributed by atoms with Crippen molar-refractivity contribution in [1.82, 2.24) is 14.3 Å². The largest absolute Gasteiger partial charge is 0.454 e. The lowest BCUT2D eigenvalue weighted by Crippen LogP contribution is -2.48. The van der Waals surface area contributed by atoms with Crippen LogP contribution in [0.25, 0.3) is 10.2 Å². The van der Waals surface area contributed by atoms with Crippen LogP contribution in [0.3, 0.4) is 0 Å². The average Bonchev–Trinajstić information content (AvgIpc) is 3.56. The van der Waals surface area contributed by atoms with Gasteiger partial charge in [0.2, 0.25) is 16.8 Å². The van der Waals surface area contributed by atoms with Crippen LogP contribution < -0.4 is 14.4 Å². The Kier molecular flexibility index (Phi) is 6.71. The molecule has 2 aromatic heterocycles. The van der Waals surface area contributed by atoms with E-state index in [9.17, 15) is 13.2 Å².